The number of anilines is 1. The maximum absolute atomic E-state index is 14.7. The van der Waals surface area contributed by atoms with Crippen LogP contribution in [0.2, 0.25) is 5.02 Å². The topological polar surface area (TPSA) is 44.7 Å². The first kappa shape index (κ1) is 20.3. The van der Waals surface area contributed by atoms with E-state index in [4.69, 9.17) is 11.6 Å². The van der Waals surface area contributed by atoms with Crippen LogP contribution in [0, 0.1) is 5.82 Å². The first-order valence-electron chi connectivity index (χ1n) is 9.43. The van der Waals surface area contributed by atoms with Gasteiger partial charge in [-0.25, -0.2) is 9.82 Å². The fourth-order valence-electron chi connectivity index (χ4n) is 4.04. The van der Waals surface area contributed by atoms with E-state index in [1.165, 1.54) is 6.21 Å². The SMILES string of the molecule is CCN1c2cc(F)c(/C=N\NC(=O)c3ccc(Cl)cc3)cc2C(C)CC1(C)C. The van der Waals surface area contributed by atoms with Crippen molar-refractivity contribution in [2.45, 2.75) is 45.6 Å². The van der Waals surface area contributed by atoms with E-state index < -0.39 is 0 Å². The molecule has 0 saturated heterocycles. The predicted molar refractivity (Wildman–Crippen MR) is 113 cm³/mol. The van der Waals surface area contributed by atoms with Crippen LogP contribution in [0.4, 0.5) is 10.1 Å². The second kappa shape index (κ2) is 7.92. The lowest BCUT2D eigenvalue weighted by molar-refractivity contribution is 0.0955. The fourth-order valence-corrected chi connectivity index (χ4v) is 4.17. The van der Waals surface area contributed by atoms with Gasteiger partial charge in [0.15, 0.2) is 0 Å². The van der Waals surface area contributed by atoms with E-state index in [1.807, 2.05) is 6.07 Å². The molecule has 1 atom stereocenters. The van der Waals surface area contributed by atoms with E-state index in [9.17, 15) is 9.18 Å². The highest BCUT2D eigenvalue weighted by molar-refractivity contribution is 6.30. The highest BCUT2D eigenvalue weighted by Crippen LogP contribution is 2.43. The number of rotatable bonds is 4. The molecule has 0 radical (unpaired) electrons. The zero-order valence-corrected chi connectivity index (χ0v) is 17.3. The van der Waals surface area contributed by atoms with Gasteiger partial charge < -0.3 is 4.90 Å². The third-order valence-corrected chi connectivity index (χ3v) is 5.55. The van der Waals surface area contributed by atoms with Gasteiger partial charge >= 0.3 is 0 Å². The van der Waals surface area contributed by atoms with Crippen molar-refractivity contribution in [1.82, 2.24) is 5.43 Å². The molecule has 1 aliphatic rings. The van der Waals surface area contributed by atoms with Crippen LogP contribution in [-0.2, 0) is 0 Å². The summed E-state index contributed by atoms with van der Waals surface area (Å²) in [4.78, 5) is 14.3. The number of hydrazone groups is 1. The molecule has 4 nitrogen and oxygen atoms in total. The second-order valence-electron chi connectivity index (χ2n) is 7.80. The summed E-state index contributed by atoms with van der Waals surface area (Å²) in [6.45, 7) is 9.44. The maximum Gasteiger partial charge on any atom is 0.271 e. The van der Waals surface area contributed by atoms with E-state index in [0.717, 1.165) is 24.2 Å². The number of carbonyl (C=O) groups is 1. The van der Waals surface area contributed by atoms with Crippen LogP contribution < -0.4 is 10.3 Å². The first-order valence-corrected chi connectivity index (χ1v) is 9.80. The summed E-state index contributed by atoms with van der Waals surface area (Å²) in [6.07, 6.45) is 2.34. The Kier molecular flexibility index (Phi) is 5.75. The summed E-state index contributed by atoms with van der Waals surface area (Å²) in [5.41, 5.74) is 5.24. The first-order chi connectivity index (χ1) is 13.2. The van der Waals surface area contributed by atoms with Crippen LogP contribution in [0.3, 0.4) is 0 Å². The molecule has 0 bridgehead atoms. The van der Waals surface area contributed by atoms with Gasteiger partial charge in [0, 0.05) is 33.9 Å². The molecule has 6 heteroatoms. The Morgan fingerprint density at radius 1 is 1.36 bits per heavy atom. The minimum atomic E-state index is -0.376. The molecule has 1 aliphatic heterocycles. The molecular weight excluding hydrogens is 377 g/mol. The van der Waals surface area contributed by atoms with Gasteiger partial charge in [0.25, 0.3) is 5.91 Å². The number of amides is 1. The van der Waals surface area contributed by atoms with Crippen molar-refractivity contribution in [3.8, 4) is 0 Å². The van der Waals surface area contributed by atoms with Crippen LogP contribution in [0.1, 0.15) is 61.5 Å². The lowest BCUT2D eigenvalue weighted by atomic mass is 9.79. The molecule has 28 heavy (non-hydrogen) atoms. The lowest BCUT2D eigenvalue weighted by Crippen LogP contribution is -2.48. The third kappa shape index (κ3) is 4.04. The Balaban J connectivity index is 1.82. The maximum atomic E-state index is 14.7. The van der Waals surface area contributed by atoms with Gasteiger partial charge in [-0.1, -0.05) is 18.5 Å². The molecule has 0 aliphatic carbocycles. The van der Waals surface area contributed by atoms with E-state index in [-0.39, 0.29) is 17.3 Å². The molecule has 0 fully saturated rings. The van der Waals surface area contributed by atoms with Gasteiger partial charge in [0.1, 0.15) is 5.82 Å². The number of carbonyl (C=O) groups excluding carboxylic acids is 1. The van der Waals surface area contributed by atoms with E-state index >= 15 is 0 Å². The van der Waals surface area contributed by atoms with Crippen molar-refractivity contribution in [3.63, 3.8) is 0 Å². The Morgan fingerprint density at radius 3 is 2.68 bits per heavy atom. The van der Waals surface area contributed by atoms with Crippen LogP contribution >= 0.6 is 11.6 Å². The Morgan fingerprint density at radius 2 is 2.04 bits per heavy atom. The molecule has 2 aromatic carbocycles. The zero-order valence-electron chi connectivity index (χ0n) is 16.6. The van der Waals surface area contributed by atoms with Gasteiger partial charge in [-0.15, -0.1) is 0 Å². The normalized spacial score (nSPS) is 18.2. The standard InChI is InChI=1S/C22H25ClFN3O/c1-5-27-20-11-19(24)16(10-18(20)14(2)12-22(27,3)4)13-25-26-21(28)15-6-8-17(23)9-7-15/h6-11,13-14H,5,12H2,1-4H3,(H,26,28)/b25-13-. The lowest BCUT2D eigenvalue weighted by Gasteiger charge is -2.47. The zero-order chi connectivity index (χ0) is 20.5. The van der Waals surface area contributed by atoms with Crippen LogP contribution in [0.25, 0.3) is 0 Å². The number of fused-ring (bicyclic) bond motifs is 1. The Bertz CT molecular complexity index is 909. The minimum Gasteiger partial charge on any atom is -0.366 e. The monoisotopic (exact) mass is 401 g/mol. The van der Waals surface area contributed by atoms with Crippen molar-refractivity contribution < 1.29 is 9.18 Å². The Labute approximate surface area is 170 Å². The van der Waals surface area contributed by atoms with Crippen LogP contribution in [-0.4, -0.2) is 24.2 Å². The number of halogens is 2. The highest BCUT2D eigenvalue weighted by atomic mass is 35.5. The summed E-state index contributed by atoms with van der Waals surface area (Å²) in [5.74, 6) is -0.422. The molecule has 3 rings (SSSR count). The van der Waals surface area contributed by atoms with Crippen molar-refractivity contribution in [2.24, 2.45) is 5.10 Å². The molecule has 0 aromatic heterocycles. The third-order valence-electron chi connectivity index (χ3n) is 5.30. The van der Waals surface area contributed by atoms with E-state index in [2.05, 4.69) is 43.1 Å². The van der Waals surface area contributed by atoms with Crippen molar-refractivity contribution in [2.75, 3.05) is 11.4 Å². The van der Waals surface area contributed by atoms with Gasteiger partial charge in [0.05, 0.1) is 6.21 Å². The summed E-state index contributed by atoms with van der Waals surface area (Å²) in [5, 5.41) is 4.48. The molecule has 0 saturated carbocycles. The van der Waals surface area contributed by atoms with E-state index in [1.54, 1.807) is 30.3 Å². The van der Waals surface area contributed by atoms with Gasteiger partial charge in [-0.2, -0.15) is 5.10 Å². The summed E-state index contributed by atoms with van der Waals surface area (Å²) >= 11 is 5.82. The van der Waals surface area contributed by atoms with Crippen LogP contribution in [0.15, 0.2) is 41.5 Å². The smallest absolute Gasteiger partial charge is 0.271 e. The van der Waals surface area contributed by atoms with Gasteiger partial charge in [-0.05, 0) is 75.1 Å². The van der Waals surface area contributed by atoms with Gasteiger partial charge in [0.2, 0.25) is 0 Å². The number of nitrogens with zero attached hydrogens (tertiary/aromatic N) is 2. The number of benzene rings is 2. The number of hydrogen-bond acceptors (Lipinski definition) is 3. The molecule has 2 aromatic rings. The van der Waals surface area contributed by atoms with Gasteiger partial charge in [-0.3, -0.25) is 4.79 Å². The van der Waals surface area contributed by atoms with Crippen molar-refractivity contribution in [3.05, 3.63) is 63.9 Å². The van der Waals surface area contributed by atoms with Crippen LogP contribution in [0.5, 0.6) is 0 Å². The largest absolute Gasteiger partial charge is 0.366 e. The Hall–Kier alpha value is -2.40. The average molecular weight is 402 g/mol. The molecule has 1 heterocycles. The fraction of sp³-hybridized carbons (Fsp3) is 0.364. The van der Waals surface area contributed by atoms with Crippen molar-refractivity contribution >= 4 is 29.4 Å². The number of hydrogen-bond donors (Lipinski definition) is 1. The molecule has 148 valence electrons. The minimum absolute atomic E-state index is 0.0181. The average Bonchev–Trinajstić information content (AvgIpc) is 2.62. The van der Waals surface area contributed by atoms with E-state index in [0.29, 0.717) is 22.1 Å². The molecule has 1 amide bonds. The van der Waals surface area contributed by atoms with Crippen molar-refractivity contribution in [1.29, 1.82) is 0 Å². The summed E-state index contributed by atoms with van der Waals surface area (Å²) < 4.78 is 14.7. The predicted octanol–water partition coefficient (Wildman–Crippen LogP) is 5.36. The molecule has 0 spiro atoms. The summed E-state index contributed by atoms with van der Waals surface area (Å²) in [6, 6.07) is 9.89. The molecular formula is C22H25ClFN3O. The highest BCUT2D eigenvalue weighted by Gasteiger charge is 2.36. The quantitative estimate of drug-likeness (QED) is 0.554. The number of nitrogens with one attached hydrogen (secondary N) is 1. The molecule has 1 unspecified atom stereocenters. The summed E-state index contributed by atoms with van der Waals surface area (Å²) in [7, 11) is 0. The molecule has 1 N–H and O–H groups in total. The second-order valence-corrected chi connectivity index (χ2v) is 8.24.